The molecule has 1 heterocycles. The van der Waals surface area contributed by atoms with E-state index in [1.165, 1.54) is 35.6 Å². The van der Waals surface area contributed by atoms with Crippen LogP contribution in [0, 0.1) is 0 Å². The molecule has 36 heavy (non-hydrogen) atoms. The molecule has 0 radical (unpaired) electrons. The molecule has 0 aliphatic rings. The van der Waals surface area contributed by atoms with Gasteiger partial charge in [0.2, 0.25) is 15.8 Å². The highest BCUT2D eigenvalue weighted by molar-refractivity contribution is 7.89. The van der Waals surface area contributed by atoms with Gasteiger partial charge in [-0.1, -0.05) is 72.0 Å². The number of aromatic nitrogens is 1. The number of rotatable bonds is 8. The molecule has 4 aromatic rings. The zero-order valence-corrected chi connectivity index (χ0v) is 21.6. The van der Waals surface area contributed by atoms with Crippen molar-refractivity contribution in [1.29, 1.82) is 0 Å². The molecule has 9 heteroatoms. The smallest absolute Gasteiger partial charge is 0.257 e. The SMILES string of the molecule is CC(C)N(C)S(=O)(=O)c1ccc(C(=O)Nc2nc(-c3ccccc3)c(C(=O)c3ccccc3)s2)cc1. The van der Waals surface area contributed by atoms with Crippen molar-refractivity contribution in [1.82, 2.24) is 9.29 Å². The molecule has 0 aliphatic heterocycles. The van der Waals surface area contributed by atoms with Crippen LogP contribution < -0.4 is 5.32 Å². The molecule has 0 saturated heterocycles. The number of hydrogen-bond acceptors (Lipinski definition) is 6. The molecule has 0 atom stereocenters. The van der Waals surface area contributed by atoms with Crippen LogP contribution in [0.15, 0.2) is 89.8 Å². The van der Waals surface area contributed by atoms with Crippen LogP contribution in [-0.2, 0) is 10.0 Å². The van der Waals surface area contributed by atoms with E-state index in [9.17, 15) is 18.0 Å². The summed E-state index contributed by atoms with van der Waals surface area (Å²) < 4.78 is 26.6. The average Bonchev–Trinajstić information content (AvgIpc) is 3.32. The maximum Gasteiger partial charge on any atom is 0.257 e. The molecule has 3 aromatic carbocycles. The first kappa shape index (κ1) is 25.4. The van der Waals surface area contributed by atoms with Gasteiger partial charge < -0.3 is 0 Å². The summed E-state index contributed by atoms with van der Waals surface area (Å²) >= 11 is 1.10. The minimum atomic E-state index is -3.65. The number of carbonyl (C=O) groups excluding carboxylic acids is 2. The lowest BCUT2D eigenvalue weighted by atomic mass is 10.1. The van der Waals surface area contributed by atoms with E-state index in [1.807, 2.05) is 36.4 Å². The number of sulfonamides is 1. The van der Waals surface area contributed by atoms with Gasteiger partial charge in [-0.25, -0.2) is 13.4 Å². The third kappa shape index (κ3) is 5.28. The first-order valence-electron chi connectivity index (χ1n) is 11.2. The van der Waals surface area contributed by atoms with Crippen LogP contribution in [0.25, 0.3) is 11.3 Å². The van der Waals surface area contributed by atoms with Gasteiger partial charge in [-0.3, -0.25) is 14.9 Å². The highest BCUT2D eigenvalue weighted by atomic mass is 32.2. The largest absolute Gasteiger partial charge is 0.298 e. The number of carbonyl (C=O) groups is 2. The fourth-order valence-electron chi connectivity index (χ4n) is 3.43. The molecule has 0 spiro atoms. The lowest BCUT2D eigenvalue weighted by Gasteiger charge is -2.20. The van der Waals surface area contributed by atoms with Crippen molar-refractivity contribution in [2.75, 3.05) is 12.4 Å². The number of hydrogen-bond donors (Lipinski definition) is 1. The van der Waals surface area contributed by atoms with Crippen molar-refractivity contribution in [3.8, 4) is 11.3 Å². The molecule has 0 aliphatic carbocycles. The number of benzene rings is 3. The van der Waals surface area contributed by atoms with Crippen molar-refractivity contribution in [3.63, 3.8) is 0 Å². The Bertz CT molecular complexity index is 1480. The van der Waals surface area contributed by atoms with E-state index < -0.39 is 15.9 Å². The summed E-state index contributed by atoms with van der Waals surface area (Å²) in [6, 6.07) is 23.7. The number of ketones is 1. The highest BCUT2D eigenvalue weighted by Crippen LogP contribution is 2.33. The number of thiazole rings is 1. The Morgan fingerprint density at radius 1 is 0.861 bits per heavy atom. The van der Waals surface area contributed by atoms with Crippen molar-refractivity contribution < 1.29 is 18.0 Å². The Labute approximate surface area is 214 Å². The Balaban J connectivity index is 1.62. The standard InChI is InChI=1S/C27H25N3O4S2/c1-18(2)30(3)36(33,34)22-16-14-21(15-17-22)26(32)29-27-28-23(19-10-6-4-7-11-19)25(35-27)24(31)20-12-8-5-9-13-20/h4-18H,1-3H3,(H,28,29,32). The van der Waals surface area contributed by atoms with Crippen LogP contribution in [-0.4, -0.2) is 42.5 Å². The van der Waals surface area contributed by atoms with Gasteiger partial charge in [0, 0.05) is 29.8 Å². The van der Waals surface area contributed by atoms with Gasteiger partial charge in [0.25, 0.3) is 5.91 Å². The first-order chi connectivity index (χ1) is 17.2. The predicted octanol–water partition coefficient (Wildman–Crippen LogP) is 5.32. The van der Waals surface area contributed by atoms with Crippen LogP contribution in [0.1, 0.15) is 39.4 Å². The molecule has 1 aromatic heterocycles. The molecular weight excluding hydrogens is 494 g/mol. The summed E-state index contributed by atoms with van der Waals surface area (Å²) in [5, 5.41) is 3.02. The molecule has 184 valence electrons. The second-order valence-corrected chi connectivity index (χ2v) is 11.3. The summed E-state index contributed by atoms with van der Waals surface area (Å²) in [5.74, 6) is -0.639. The molecular formula is C27H25N3O4S2. The van der Waals surface area contributed by atoms with Crippen molar-refractivity contribution in [3.05, 3.63) is 101 Å². The van der Waals surface area contributed by atoms with E-state index in [0.717, 1.165) is 16.9 Å². The van der Waals surface area contributed by atoms with Crippen LogP contribution in [0.3, 0.4) is 0 Å². The number of nitrogens with zero attached hydrogens (tertiary/aromatic N) is 2. The third-order valence-electron chi connectivity index (χ3n) is 5.66. The van der Waals surface area contributed by atoms with Gasteiger partial charge >= 0.3 is 0 Å². The molecule has 1 N–H and O–H groups in total. The number of nitrogens with one attached hydrogen (secondary N) is 1. The first-order valence-corrected chi connectivity index (χ1v) is 13.5. The Morgan fingerprint density at radius 2 is 1.44 bits per heavy atom. The molecule has 1 amide bonds. The van der Waals surface area contributed by atoms with E-state index in [4.69, 9.17) is 0 Å². The lowest BCUT2D eigenvalue weighted by molar-refractivity contribution is 0.102. The highest BCUT2D eigenvalue weighted by Gasteiger charge is 2.24. The number of amides is 1. The summed E-state index contributed by atoms with van der Waals surface area (Å²) in [4.78, 5) is 31.2. The van der Waals surface area contributed by atoms with E-state index in [-0.39, 0.29) is 27.4 Å². The van der Waals surface area contributed by atoms with Crippen LogP contribution in [0.4, 0.5) is 5.13 Å². The summed E-state index contributed by atoms with van der Waals surface area (Å²) in [6.45, 7) is 3.57. The second kappa shape index (κ2) is 10.5. The van der Waals surface area contributed by atoms with Gasteiger partial charge in [0.1, 0.15) is 4.88 Å². The molecule has 0 bridgehead atoms. The van der Waals surface area contributed by atoms with Gasteiger partial charge in [-0.15, -0.1) is 0 Å². The molecule has 0 unspecified atom stereocenters. The topological polar surface area (TPSA) is 96.4 Å². The minimum absolute atomic E-state index is 0.103. The fraction of sp³-hybridized carbons (Fsp3) is 0.148. The van der Waals surface area contributed by atoms with E-state index >= 15 is 0 Å². The van der Waals surface area contributed by atoms with Gasteiger partial charge in [-0.2, -0.15) is 4.31 Å². The molecule has 4 rings (SSSR count). The summed E-state index contributed by atoms with van der Waals surface area (Å²) in [6.07, 6.45) is 0. The maximum absolute atomic E-state index is 13.2. The van der Waals surface area contributed by atoms with Crippen LogP contribution >= 0.6 is 11.3 Å². The van der Waals surface area contributed by atoms with Gasteiger partial charge in [0.15, 0.2) is 5.13 Å². The average molecular weight is 520 g/mol. The van der Waals surface area contributed by atoms with Gasteiger partial charge in [0.05, 0.1) is 10.6 Å². The summed E-state index contributed by atoms with van der Waals surface area (Å²) in [7, 11) is -2.14. The van der Waals surface area contributed by atoms with E-state index in [1.54, 1.807) is 38.1 Å². The second-order valence-electron chi connectivity index (χ2n) is 8.35. The normalized spacial score (nSPS) is 11.6. The zero-order valence-electron chi connectivity index (χ0n) is 20.0. The van der Waals surface area contributed by atoms with Gasteiger partial charge in [-0.05, 0) is 38.1 Å². The predicted molar refractivity (Wildman–Crippen MR) is 142 cm³/mol. The van der Waals surface area contributed by atoms with Crippen molar-refractivity contribution in [2.24, 2.45) is 0 Å². The monoisotopic (exact) mass is 519 g/mol. The Morgan fingerprint density at radius 3 is 2.03 bits per heavy atom. The Hall–Kier alpha value is -3.66. The van der Waals surface area contributed by atoms with Crippen LogP contribution in [0.2, 0.25) is 0 Å². The van der Waals surface area contributed by atoms with E-state index in [0.29, 0.717) is 16.1 Å². The molecule has 0 saturated carbocycles. The molecule has 7 nitrogen and oxygen atoms in total. The maximum atomic E-state index is 13.2. The van der Waals surface area contributed by atoms with Crippen molar-refractivity contribution in [2.45, 2.75) is 24.8 Å². The fourth-order valence-corrected chi connectivity index (χ4v) is 5.74. The third-order valence-corrected chi connectivity index (χ3v) is 8.68. The van der Waals surface area contributed by atoms with Crippen LogP contribution in [0.5, 0.6) is 0 Å². The Kier molecular flexibility index (Phi) is 7.44. The lowest BCUT2D eigenvalue weighted by Crippen LogP contribution is -2.33. The number of anilines is 1. The zero-order chi connectivity index (χ0) is 25.9. The quantitative estimate of drug-likeness (QED) is 0.318. The van der Waals surface area contributed by atoms with E-state index in [2.05, 4.69) is 10.3 Å². The van der Waals surface area contributed by atoms with Crippen molar-refractivity contribution >= 4 is 38.2 Å². The minimum Gasteiger partial charge on any atom is -0.298 e. The summed E-state index contributed by atoms with van der Waals surface area (Å²) in [5.41, 5.74) is 2.05. The molecule has 0 fully saturated rings.